The van der Waals surface area contributed by atoms with E-state index in [9.17, 15) is 9.90 Å². The van der Waals surface area contributed by atoms with Crippen molar-refractivity contribution < 1.29 is 19.1 Å². The summed E-state index contributed by atoms with van der Waals surface area (Å²) in [7, 11) is -1.91. The van der Waals surface area contributed by atoms with Crippen molar-refractivity contribution in [3.63, 3.8) is 0 Å². The van der Waals surface area contributed by atoms with Gasteiger partial charge in [-0.25, -0.2) is 4.79 Å². The Kier molecular flexibility index (Phi) is 6.32. The maximum absolute atomic E-state index is 12.4. The molecule has 0 saturated carbocycles. The van der Waals surface area contributed by atoms with Crippen molar-refractivity contribution in [2.24, 2.45) is 0 Å². The van der Waals surface area contributed by atoms with Crippen LogP contribution in [0.15, 0.2) is 0 Å². The van der Waals surface area contributed by atoms with E-state index < -0.39 is 20.0 Å². The van der Waals surface area contributed by atoms with Gasteiger partial charge in [0.2, 0.25) is 0 Å². The summed E-state index contributed by atoms with van der Waals surface area (Å²) in [6, 6.07) is 0. The van der Waals surface area contributed by atoms with E-state index in [1.54, 1.807) is 4.90 Å². The number of β-amino-alcohol motifs (C(OH)–C–C–N with tert-alkyl or cyclic N) is 1. The fourth-order valence-corrected chi connectivity index (χ4v) is 3.68. The number of aliphatic hydroxyl groups is 1. The van der Waals surface area contributed by atoms with E-state index in [0.717, 1.165) is 6.42 Å². The topological polar surface area (TPSA) is 59.0 Å². The number of hydrogen-bond acceptors (Lipinski definition) is 4. The Morgan fingerprint density at radius 2 is 1.65 bits per heavy atom. The van der Waals surface area contributed by atoms with Gasteiger partial charge >= 0.3 is 6.09 Å². The number of carbonyl (C=O) groups excluding carboxylic acids is 1. The van der Waals surface area contributed by atoms with Gasteiger partial charge in [0.15, 0.2) is 8.32 Å². The Balaban J connectivity index is 2.81. The predicted octanol–water partition coefficient (Wildman–Crippen LogP) is 3.77. The molecule has 0 spiro atoms. The van der Waals surface area contributed by atoms with Crippen LogP contribution in [-0.2, 0) is 9.16 Å². The quantitative estimate of drug-likeness (QED) is 0.774. The van der Waals surface area contributed by atoms with Gasteiger partial charge in [-0.05, 0) is 51.7 Å². The second-order valence-electron chi connectivity index (χ2n) is 9.12. The zero-order valence-corrected chi connectivity index (χ0v) is 17.1. The average molecular weight is 346 g/mol. The van der Waals surface area contributed by atoms with E-state index in [4.69, 9.17) is 9.16 Å². The largest absolute Gasteiger partial charge is 0.444 e. The highest BCUT2D eigenvalue weighted by atomic mass is 28.4. The smallest absolute Gasteiger partial charge is 0.410 e. The highest BCUT2D eigenvalue weighted by Crippen LogP contribution is 2.38. The average Bonchev–Trinajstić information content (AvgIpc) is 2.47. The van der Waals surface area contributed by atoms with Gasteiger partial charge in [-0.15, -0.1) is 0 Å². The molecule has 1 amide bonds. The Hall–Kier alpha value is -0.593. The Bertz CT molecular complexity index is 412. The van der Waals surface area contributed by atoms with Crippen molar-refractivity contribution in [1.82, 2.24) is 4.90 Å². The van der Waals surface area contributed by atoms with Crippen LogP contribution in [0, 0.1) is 0 Å². The first kappa shape index (κ1) is 20.5. The molecule has 0 unspecified atom stereocenters. The molecule has 1 rings (SSSR count). The van der Waals surface area contributed by atoms with E-state index in [2.05, 4.69) is 33.9 Å². The summed E-state index contributed by atoms with van der Waals surface area (Å²) in [6.45, 7) is 17.4. The van der Waals surface area contributed by atoms with Crippen molar-refractivity contribution in [2.75, 3.05) is 13.1 Å². The zero-order chi connectivity index (χ0) is 18.1. The molecule has 1 heterocycles. The summed E-state index contributed by atoms with van der Waals surface area (Å²) in [5.41, 5.74) is -0.538. The minimum Gasteiger partial charge on any atom is -0.444 e. The molecule has 0 aromatic rings. The minimum atomic E-state index is -1.91. The first-order valence-corrected chi connectivity index (χ1v) is 11.5. The third kappa shape index (κ3) is 6.43. The van der Waals surface area contributed by atoms with E-state index in [0.29, 0.717) is 19.5 Å². The molecule has 2 atom stereocenters. The van der Waals surface area contributed by atoms with Gasteiger partial charge < -0.3 is 19.2 Å². The number of aliphatic hydroxyl groups excluding tert-OH is 1. The zero-order valence-electron chi connectivity index (χ0n) is 16.1. The molecule has 0 aromatic heterocycles. The predicted molar refractivity (Wildman–Crippen MR) is 95.1 cm³/mol. The van der Waals surface area contributed by atoms with Crippen LogP contribution in [0.2, 0.25) is 18.1 Å². The Morgan fingerprint density at radius 1 is 1.09 bits per heavy atom. The molecular weight excluding hydrogens is 310 g/mol. The highest BCUT2D eigenvalue weighted by molar-refractivity contribution is 6.74. The van der Waals surface area contributed by atoms with Crippen LogP contribution in [0.1, 0.15) is 54.4 Å². The first-order chi connectivity index (χ1) is 10.2. The molecule has 6 heteroatoms. The lowest BCUT2D eigenvalue weighted by atomic mass is 10.1. The Labute approximate surface area is 142 Å². The van der Waals surface area contributed by atoms with Crippen molar-refractivity contribution in [3.05, 3.63) is 0 Å². The molecule has 1 aliphatic heterocycles. The number of rotatable bonds is 2. The first-order valence-electron chi connectivity index (χ1n) is 8.55. The van der Waals surface area contributed by atoms with Gasteiger partial charge in [-0.1, -0.05) is 20.8 Å². The number of amides is 1. The van der Waals surface area contributed by atoms with Crippen LogP contribution in [0.25, 0.3) is 0 Å². The number of likely N-dealkylation sites (tertiary alicyclic amines) is 1. The van der Waals surface area contributed by atoms with Gasteiger partial charge in [0.05, 0.1) is 18.8 Å². The minimum absolute atomic E-state index is 0.0411. The SMILES string of the molecule is CC(C)(C)OC(=O)N1C[C@H](O)CC[C@@H](O[Si](C)(C)C(C)(C)C)C1. The summed E-state index contributed by atoms with van der Waals surface area (Å²) in [6.07, 6.45) is 0.490. The lowest BCUT2D eigenvalue weighted by Crippen LogP contribution is -2.48. The summed E-state index contributed by atoms with van der Waals surface area (Å²) >= 11 is 0. The van der Waals surface area contributed by atoms with E-state index in [-0.39, 0.29) is 17.2 Å². The van der Waals surface area contributed by atoms with Crippen molar-refractivity contribution in [3.8, 4) is 0 Å². The molecule has 1 aliphatic rings. The second kappa shape index (κ2) is 7.11. The molecule has 0 radical (unpaired) electrons. The van der Waals surface area contributed by atoms with Crippen LogP contribution < -0.4 is 0 Å². The van der Waals surface area contributed by atoms with Crippen LogP contribution in [0.4, 0.5) is 4.79 Å². The number of nitrogens with zero attached hydrogens (tertiary/aromatic N) is 1. The van der Waals surface area contributed by atoms with Crippen LogP contribution in [-0.4, -0.2) is 55.3 Å². The standard InChI is InChI=1S/C17H35NO4Si/c1-16(2,3)21-15(20)18-11-13(19)9-10-14(12-18)22-23(7,8)17(4,5)6/h13-14,19H,9-12H2,1-8H3/t13-,14-/m1/s1. The lowest BCUT2D eigenvalue weighted by Gasteiger charge is -2.40. The van der Waals surface area contributed by atoms with Crippen molar-refractivity contribution >= 4 is 14.4 Å². The Morgan fingerprint density at radius 3 is 2.13 bits per heavy atom. The van der Waals surface area contributed by atoms with E-state index in [1.165, 1.54) is 0 Å². The van der Waals surface area contributed by atoms with Crippen LogP contribution in [0.5, 0.6) is 0 Å². The highest BCUT2D eigenvalue weighted by Gasteiger charge is 2.40. The second-order valence-corrected chi connectivity index (χ2v) is 13.9. The van der Waals surface area contributed by atoms with Crippen molar-refractivity contribution in [1.29, 1.82) is 0 Å². The van der Waals surface area contributed by atoms with Crippen molar-refractivity contribution in [2.45, 2.75) is 90.3 Å². The molecule has 5 nitrogen and oxygen atoms in total. The summed E-state index contributed by atoms with van der Waals surface area (Å²) < 4.78 is 11.9. The monoisotopic (exact) mass is 345 g/mol. The molecule has 1 saturated heterocycles. The van der Waals surface area contributed by atoms with E-state index in [1.807, 2.05) is 20.8 Å². The van der Waals surface area contributed by atoms with Gasteiger partial charge in [0.25, 0.3) is 0 Å². The summed E-state index contributed by atoms with van der Waals surface area (Å²) in [5, 5.41) is 10.2. The molecule has 0 aliphatic carbocycles. The molecule has 0 bridgehead atoms. The fraction of sp³-hybridized carbons (Fsp3) is 0.941. The van der Waals surface area contributed by atoms with E-state index >= 15 is 0 Å². The maximum atomic E-state index is 12.4. The molecule has 1 N–H and O–H groups in total. The molecule has 1 fully saturated rings. The van der Waals surface area contributed by atoms with Gasteiger partial charge in [-0.3, -0.25) is 0 Å². The van der Waals surface area contributed by atoms with Gasteiger partial charge in [0.1, 0.15) is 5.60 Å². The molecular formula is C17H35NO4Si. The van der Waals surface area contributed by atoms with Crippen LogP contribution in [0.3, 0.4) is 0 Å². The normalized spacial score (nSPS) is 24.3. The van der Waals surface area contributed by atoms with Gasteiger partial charge in [0, 0.05) is 6.54 Å². The van der Waals surface area contributed by atoms with Gasteiger partial charge in [-0.2, -0.15) is 0 Å². The molecule has 136 valence electrons. The number of hydrogen-bond donors (Lipinski definition) is 1. The number of ether oxygens (including phenoxy) is 1. The third-order valence-corrected chi connectivity index (χ3v) is 9.13. The lowest BCUT2D eigenvalue weighted by molar-refractivity contribution is 0.0119. The molecule has 23 heavy (non-hydrogen) atoms. The fourth-order valence-electron chi connectivity index (χ4n) is 2.30. The maximum Gasteiger partial charge on any atom is 0.410 e. The summed E-state index contributed by atoms with van der Waals surface area (Å²) in [5.74, 6) is 0. The van der Waals surface area contributed by atoms with Crippen LogP contribution >= 0.6 is 0 Å². The number of carbonyl (C=O) groups is 1. The molecule has 0 aromatic carbocycles. The summed E-state index contributed by atoms with van der Waals surface area (Å²) in [4.78, 5) is 14.0. The third-order valence-electron chi connectivity index (χ3n) is 4.60.